The van der Waals surface area contributed by atoms with Gasteiger partial charge in [-0.05, 0) is 59.7 Å². The van der Waals surface area contributed by atoms with E-state index in [4.69, 9.17) is 0 Å². The van der Waals surface area contributed by atoms with E-state index in [1.165, 1.54) is 29.2 Å². The standard InChI is InChI=1S/C21H16BrNO3S/c22-17-7-11-19(12-8-17)27-13-14-1-3-15(4-2-14)20(24)23-18-9-5-16(6-10-18)21(25)26/h1-12H,13H2,(H,23,24)(H,25,26)/p-1. The van der Waals surface area contributed by atoms with Crippen molar-refractivity contribution in [1.29, 1.82) is 0 Å². The smallest absolute Gasteiger partial charge is 0.255 e. The molecule has 0 heterocycles. The molecule has 0 saturated carbocycles. The number of thioether (sulfide) groups is 1. The molecule has 0 spiro atoms. The van der Waals surface area contributed by atoms with Crippen LogP contribution in [0.25, 0.3) is 0 Å². The van der Waals surface area contributed by atoms with Crippen LogP contribution in [0, 0.1) is 0 Å². The Bertz CT molecular complexity index is 939. The van der Waals surface area contributed by atoms with Gasteiger partial charge in [0.05, 0.1) is 5.97 Å². The minimum absolute atomic E-state index is 0.0700. The Kier molecular flexibility index (Phi) is 6.32. The molecule has 0 fully saturated rings. The molecule has 0 atom stereocenters. The summed E-state index contributed by atoms with van der Waals surface area (Å²) in [4.78, 5) is 24.2. The highest BCUT2D eigenvalue weighted by Gasteiger charge is 2.06. The molecule has 6 heteroatoms. The average molecular weight is 441 g/mol. The van der Waals surface area contributed by atoms with Crippen LogP contribution in [0.4, 0.5) is 5.69 Å². The molecule has 0 aromatic heterocycles. The highest BCUT2D eigenvalue weighted by molar-refractivity contribution is 9.10. The Morgan fingerprint density at radius 2 is 1.44 bits per heavy atom. The van der Waals surface area contributed by atoms with Gasteiger partial charge in [0.25, 0.3) is 5.91 Å². The highest BCUT2D eigenvalue weighted by atomic mass is 79.9. The SMILES string of the molecule is O=C([O-])c1ccc(NC(=O)c2ccc(CSc3ccc(Br)cc3)cc2)cc1. The van der Waals surface area contributed by atoms with Crippen molar-refractivity contribution >= 4 is 45.3 Å². The topological polar surface area (TPSA) is 69.2 Å². The zero-order valence-corrected chi connectivity index (χ0v) is 16.5. The number of aromatic carboxylic acids is 1. The van der Waals surface area contributed by atoms with Crippen LogP contribution in [0.3, 0.4) is 0 Å². The number of carbonyl (C=O) groups excluding carboxylic acids is 2. The first kappa shape index (κ1) is 19.2. The molecule has 0 radical (unpaired) electrons. The molecule has 27 heavy (non-hydrogen) atoms. The summed E-state index contributed by atoms with van der Waals surface area (Å²) in [6.45, 7) is 0. The average Bonchev–Trinajstić information content (AvgIpc) is 2.68. The van der Waals surface area contributed by atoms with Crippen molar-refractivity contribution in [1.82, 2.24) is 0 Å². The van der Waals surface area contributed by atoms with Crippen molar-refractivity contribution in [3.8, 4) is 0 Å². The molecule has 1 N–H and O–H groups in total. The number of anilines is 1. The molecular weight excluding hydrogens is 426 g/mol. The van der Waals surface area contributed by atoms with Gasteiger partial charge in [0, 0.05) is 26.4 Å². The first-order chi connectivity index (χ1) is 13.0. The van der Waals surface area contributed by atoms with Crippen LogP contribution in [0.1, 0.15) is 26.3 Å². The lowest BCUT2D eigenvalue weighted by Crippen LogP contribution is -2.22. The first-order valence-corrected chi connectivity index (χ1v) is 9.89. The second-order valence-corrected chi connectivity index (χ2v) is 7.72. The van der Waals surface area contributed by atoms with Gasteiger partial charge in [0.2, 0.25) is 0 Å². The van der Waals surface area contributed by atoms with Crippen LogP contribution < -0.4 is 10.4 Å². The molecule has 0 saturated heterocycles. The number of benzene rings is 3. The number of amides is 1. The molecular formula is C21H15BrNO3S-. The van der Waals surface area contributed by atoms with Gasteiger partial charge in [-0.3, -0.25) is 4.79 Å². The van der Waals surface area contributed by atoms with Crippen LogP contribution >= 0.6 is 27.7 Å². The minimum Gasteiger partial charge on any atom is -0.545 e. The third-order valence-electron chi connectivity index (χ3n) is 3.81. The van der Waals surface area contributed by atoms with E-state index in [2.05, 4.69) is 33.4 Å². The number of halogens is 1. The van der Waals surface area contributed by atoms with Gasteiger partial charge in [-0.2, -0.15) is 0 Å². The van der Waals surface area contributed by atoms with E-state index in [1.807, 2.05) is 24.3 Å². The summed E-state index contributed by atoms with van der Waals surface area (Å²) in [5, 5.41) is 13.5. The van der Waals surface area contributed by atoms with Crippen molar-refractivity contribution in [2.24, 2.45) is 0 Å². The van der Waals surface area contributed by atoms with E-state index in [0.29, 0.717) is 11.3 Å². The van der Waals surface area contributed by atoms with Crippen LogP contribution in [0.5, 0.6) is 0 Å². The summed E-state index contributed by atoms with van der Waals surface area (Å²) in [5.74, 6) is -0.679. The normalized spacial score (nSPS) is 10.4. The summed E-state index contributed by atoms with van der Waals surface area (Å²) < 4.78 is 1.05. The van der Waals surface area contributed by atoms with Crippen LogP contribution in [0.2, 0.25) is 0 Å². The van der Waals surface area contributed by atoms with Crippen molar-refractivity contribution in [3.63, 3.8) is 0 Å². The van der Waals surface area contributed by atoms with Gasteiger partial charge in [0.1, 0.15) is 0 Å². The number of carbonyl (C=O) groups is 2. The Morgan fingerprint density at radius 3 is 2.04 bits per heavy atom. The number of nitrogens with one attached hydrogen (secondary N) is 1. The number of carboxylic acid groups (broad SMARTS) is 1. The Balaban J connectivity index is 1.58. The predicted molar refractivity (Wildman–Crippen MR) is 109 cm³/mol. The number of carboxylic acids is 1. The fourth-order valence-corrected chi connectivity index (χ4v) is 3.46. The van der Waals surface area contributed by atoms with E-state index in [1.54, 1.807) is 23.9 Å². The van der Waals surface area contributed by atoms with Crippen LogP contribution in [0.15, 0.2) is 82.2 Å². The van der Waals surface area contributed by atoms with Crippen molar-refractivity contribution in [3.05, 3.63) is 94.0 Å². The van der Waals surface area contributed by atoms with Gasteiger partial charge < -0.3 is 15.2 Å². The fourth-order valence-electron chi connectivity index (χ4n) is 2.34. The van der Waals surface area contributed by atoms with E-state index in [0.717, 1.165) is 15.8 Å². The van der Waals surface area contributed by atoms with E-state index in [9.17, 15) is 14.7 Å². The predicted octanol–water partition coefficient (Wildman–Crippen LogP) is 4.36. The number of rotatable bonds is 6. The van der Waals surface area contributed by atoms with Gasteiger partial charge in [-0.1, -0.05) is 40.2 Å². The molecule has 4 nitrogen and oxygen atoms in total. The molecule has 3 aromatic rings. The Labute approximate surface area is 169 Å². The minimum atomic E-state index is -1.25. The lowest BCUT2D eigenvalue weighted by Gasteiger charge is -2.08. The molecule has 0 unspecified atom stereocenters. The molecule has 0 bridgehead atoms. The van der Waals surface area contributed by atoms with E-state index < -0.39 is 5.97 Å². The summed E-state index contributed by atoms with van der Waals surface area (Å²) in [5.41, 5.74) is 2.26. The lowest BCUT2D eigenvalue weighted by molar-refractivity contribution is -0.255. The Morgan fingerprint density at radius 1 is 0.852 bits per heavy atom. The second-order valence-electron chi connectivity index (χ2n) is 5.76. The zero-order valence-electron chi connectivity index (χ0n) is 14.1. The number of hydrogen-bond acceptors (Lipinski definition) is 4. The van der Waals surface area contributed by atoms with Crippen molar-refractivity contribution in [2.45, 2.75) is 10.6 Å². The third-order valence-corrected chi connectivity index (χ3v) is 5.43. The molecule has 3 aromatic carbocycles. The molecule has 136 valence electrons. The lowest BCUT2D eigenvalue weighted by atomic mass is 10.1. The number of hydrogen-bond donors (Lipinski definition) is 1. The van der Waals surface area contributed by atoms with Gasteiger partial charge >= 0.3 is 0 Å². The quantitative estimate of drug-likeness (QED) is 0.578. The highest BCUT2D eigenvalue weighted by Crippen LogP contribution is 2.24. The largest absolute Gasteiger partial charge is 0.545 e. The van der Waals surface area contributed by atoms with E-state index in [-0.39, 0.29) is 11.5 Å². The van der Waals surface area contributed by atoms with Crippen LogP contribution in [-0.4, -0.2) is 11.9 Å². The molecule has 0 aliphatic heterocycles. The zero-order chi connectivity index (χ0) is 19.2. The molecule has 0 aliphatic rings. The molecule has 1 amide bonds. The van der Waals surface area contributed by atoms with Gasteiger partial charge in [-0.25, -0.2) is 0 Å². The maximum absolute atomic E-state index is 12.3. The first-order valence-electron chi connectivity index (χ1n) is 8.11. The third kappa shape index (κ3) is 5.45. The summed E-state index contributed by atoms with van der Waals surface area (Å²) in [6, 6.07) is 21.4. The maximum Gasteiger partial charge on any atom is 0.255 e. The summed E-state index contributed by atoms with van der Waals surface area (Å²) in [7, 11) is 0. The monoisotopic (exact) mass is 440 g/mol. The van der Waals surface area contributed by atoms with Crippen LogP contribution in [-0.2, 0) is 5.75 Å². The van der Waals surface area contributed by atoms with Crippen molar-refractivity contribution in [2.75, 3.05) is 5.32 Å². The van der Waals surface area contributed by atoms with Gasteiger partial charge in [-0.15, -0.1) is 11.8 Å². The molecule has 3 rings (SSSR count). The summed E-state index contributed by atoms with van der Waals surface area (Å²) >= 11 is 5.15. The maximum atomic E-state index is 12.3. The van der Waals surface area contributed by atoms with E-state index >= 15 is 0 Å². The Hall–Kier alpha value is -2.57. The van der Waals surface area contributed by atoms with Gasteiger partial charge in [0.15, 0.2) is 0 Å². The van der Waals surface area contributed by atoms with Crippen molar-refractivity contribution < 1.29 is 14.7 Å². The molecule has 0 aliphatic carbocycles. The fraction of sp³-hybridized carbons (Fsp3) is 0.0476. The summed E-state index contributed by atoms with van der Waals surface area (Å²) in [6.07, 6.45) is 0. The second kappa shape index (κ2) is 8.88.